The Morgan fingerprint density at radius 1 is 1.41 bits per heavy atom. The lowest BCUT2D eigenvalue weighted by molar-refractivity contribution is -0.138. The lowest BCUT2D eigenvalue weighted by Crippen LogP contribution is -2.43. The maximum Gasteiger partial charge on any atom is 0.305 e. The Kier molecular flexibility index (Phi) is 4.13. The van der Waals surface area contributed by atoms with Gasteiger partial charge in [-0.05, 0) is 19.8 Å². The zero-order chi connectivity index (χ0) is 13.2. The van der Waals surface area contributed by atoms with Crippen molar-refractivity contribution in [1.82, 2.24) is 4.90 Å². The summed E-state index contributed by atoms with van der Waals surface area (Å²) in [6.45, 7) is 1.42. The van der Waals surface area contributed by atoms with Crippen LogP contribution in [-0.2, 0) is 19.4 Å². The lowest BCUT2D eigenvalue weighted by Gasteiger charge is -2.24. The predicted octanol–water partition coefficient (Wildman–Crippen LogP) is -0.115. The summed E-state index contributed by atoms with van der Waals surface area (Å²) in [6.07, 6.45) is 2.50. The topological polar surface area (TPSA) is 91.8 Å². The van der Waals surface area contributed by atoms with Crippen molar-refractivity contribution in [3.8, 4) is 0 Å². The maximum absolute atomic E-state index is 11.9. The number of hydrogen-bond donors (Lipinski definition) is 1. The fourth-order valence-electron chi connectivity index (χ4n) is 1.49. The van der Waals surface area contributed by atoms with E-state index >= 15 is 0 Å². The molecule has 1 aliphatic rings. The van der Waals surface area contributed by atoms with Crippen molar-refractivity contribution in [2.75, 3.05) is 12.8 Å². The van der Waals surface area contributed by atoms with Crippen molar-refractivity contribution in [2.24, 2.45) is 0 Å². The zero-order valence-corrected chi connectivity index (χ0v) is 10.7. The molecule has 1 aliphatic carbocycles. The third-order valence-electron chi connectivity index (χ3n) is 2.83. The van der Waals surface area contributed by atoms with Gasteiger partial charge in [0.15, 0.2) is 9.84 Å². The SMILES string of the molecule is CC(C(=O)N(CCC(=O)O)C1CC1)S(C)(=O)=O. The second kappa shape index (κ2) is 5.03. The summed E-state index contributed by atoms with van der Waals surface area (Å²) in [5.41, 5.74) is 0. The molecule has 0 heterocycles. The highest BCUT2D eigenvalue weighted by Gasteiger charge is 2.37. The van der Waals surface area contributed by atoms with Crippen LogP contribution in [0.3, 0.4) is 0 Å². The molecule has 1 rings (SSSR count). The van der Waals surface area contributed by atoms with E-state index in [0.717, 1.165) is 19.1 Å². The van der Waals surface area contributed by atoms with Gasteiger partial charge in [-0.25, -0.2) is 8.42 Å². The molecule has 0 aliphatic heterocycles. The van der Waals surface area contributed by atoms with Gasteiger partial charge in [-0.3, -0.25) is 9.59 Å². The van der Waals surface area contributed by atoms with Crippen molar-refractivity contribution < 1.29 is 23.1 Å². The van der Waals surface area contributed by atoms with E-state index in [2.05, 4.69) is 0 Å². The van der Waals surface area contributed by atoms with E-state index in [4.69, 9.17) is 5.11 Å². The van der Waals surface area contributed by atoms with Crippen LogP contribution >= 0.6 is 0 Å². The quantitative estimate of drug-likeness (QED) is 0.721. The van der Waals surface area contributed by atoms with Gasteiger partial charge >= 0.3 is 5.97 Å². The standard InChI is InChI=1S/C10H17NO5S/c1-7(17(2,15)16)10(14)11(8-3-4-8)6-5-9(12)13/h7-8H,3-6H2,1-2H3,(H,12,13). The number of carboxylic acid groups (broad SMARTS) is 1. The highest BCUT2D eigenvalue weighted by molar-refractivity contribution is 7.92. The molecular weight excluding hydrogens is 246 g/mol. The molecule has 0 spiro atoms. The maximum atomic E-state index is 11.9. The Hall–Kier alpha value is -1.11. The number of aliphatic carboxylic acids is 1. The molecule has 1 N–H and O–H groups in total. The third-order valence-corrected chi connectivity index (χ3v) is 4.31. The number of hydrogen-bond acceptors (Lipinski definition) is 4. The van der Waals surface area contributed by atoms with Gasteiger partial charge in [0, 0.05) is 18.8 Å². The molecule has 0 aromatic carbocycles. The van der Waals surface area contributed by atoms with Crippen molar-refractivity contribution in [2.45, 2.75) is 37.5 Å². The minimum Gasteiger partial charge on any atom is -0.481 e. The van der Waals surface area contributed by atoms with E-state index in [1.807, 2.05) is 0 Å². The summed E-state index contributed by atoms with van der Waals surface area (Å²) in [5, 5.41) is 7.49. The Morgan fingerprint density at radius 2 is 1.94 bits per heavy atom. The summed E-state index contributed by atoms with van der Waals surface area (Å²) < 4.78 is 22.6. The molecule has 1 unspecified atom stereocenters. The van der Waals surface area contributed by atoms with E-state index in [9.17, 15) is 18.0 Å². The van der Waals surface area contributed by atoms with Crippen LogP contribution in [0.25, 0.3) is 0 Å². The Morgan fingerprint density at radius 3 is 2.29 bits per heavy atom. The first-order valence-corrected chi connectivity index (χ1v) is 7.40. The van der Waals surface area contributed by atoms with Crippen LogP contribution in [0.5, 0.6) is 0 Å². The van der Waals surface area contributed by atoms with Gasteiger partial charge in [0.1, 0.15) is 5.25 Å². The molecule has 0 saturated heterocycles. The molecule has 7 heteroatoms. The zero-order valence-electron chi connectivity index (χ0n) is 9.92. The Labute approximate surface area is 101 Å². The van der Waals surface area contributed by atoms with Crippen LogP contribution < -0.4 is 0 Å². The Bertz CT molecular complexity index is 412. The predicted molar refractivity (Wildman–Crippen MR) is 61.3 cm³/mol. The van der Waals surface area contributed by atoms with Crippen molar-refractivity contribution in [1.29, 1.82) is 0 Å². The number of carbonyl (C=O) groups excluding carboxylic acids is 1. The van der Waals surface area contributed by atoms with E-state index in [0.29, 0.717) is 0 Å². The van der Waals surface area contributed by atoms with E-state index in [1.165, 1.54) is 11.8 Å². The van der Waals surface area contributed by atoms with E-state index in [-0.39, 0.29) is 19.0 Å². The second-order valence-corrected chi connectivity index (χ2v) is 6.74. The molecular formula is C10H17NO5S. The molecule has 6 nitrogen and oxygen atoms in total. The van der Waals surface area contributed by atoms with Gasteiger partial charge in [-0.2, -0.15) is 0 Å². The van der Waals surface area contributed by atoms with Gasteiger partial charge in [0.25, 0.3) is 0 Å². The fraction of sp³-hybridized carbons (Fsp3) is 0.800. The van der Waals surface area contributed by atoms with Crippen LogP contribution in [0.2, 0.25) is 0 Å². The monoisotopic (exact) mass is 263 g/mol. The number of carbonyl (C=O) groups is 2. The first-order chi connectivity index (χ1) is 7.73. The molecule has 1 saturated carbocycles. The first-order valence-electron chi connectivity index (χ1n) is 5.44. The van der Waals surface area contributed by atoms with Crippen molar-refractivity contribution in [3.63, 3.8) is 0 Å². The number of nitrogens with zero attached hydrogens (tertiary/aromatic N) is 1. The van der Waals surface area contributed by atoms with E-state index in [1.54, 1.807) is 0 Å². The summed E-state index contributed by atoms with van der Waals surface area (Å²) in [7, 11) is -3.43. The van der Waals surface area contributed by atoms with Crippen molar-refractivity contribution in [3.05, 3.63) is 0 Å². The molecule has 0 aromatic rings. The normalized spacial score (nSPS) is 17.5. The van der Waals surface area contributed by atoms with Gasteiger partial charge in [0.2, 0.25) is 5.91 Å². The molecule has 0 radical (unpaired) electrons. The number of rotatable bonds is 6. The molecule has 1 fully saturated rings. The van der Waals surface area contributed by atoms with Gasteiger partial charge < -0.3 is 10.0 Å². The number of sulfone groups is 1. The van der Waals surface area contributed by atoms with Crippen molar-refractivity contribution >= 4 is 21.7 Å². The van der Waals surface area contributed by atoms with Crippen LogP contribution in [-0.4, -0.2) is 54.4 Å². The lowest BCUT2D eigenvalue weighted by atomic mass is 10.3. The molecule has 1 amide bonds. The summed E-state index contributed by atoms with van der Waals surface area (Å²) in [6, 6.07) is 0.0195. The Balaban J connectivity index is 2.70. The van der Waals surface area contributed by atoms with Gasteiger partial charge in [0.05, 0.1) is 6.42 Å². The van der Waals surface area contributed by atoms with Crippen LogP contribution in [0.15, 0.2) is 0 Å². The average Bonchev–Trinajstić information content (AvgIpc) is 2.98. The van der Waals surface area contributed by atoms with Crippen LogP contribution in [0, 0.1) is 0 Å². The number of amides is 1. The van der Waals surface area contributed by atoms with Crippen LogP contribution in [0.1, 0.15) is 26.2 Å². The summed E-state index contributed by atoms with van der Waals surface area (Å²) >= 11 is 0. The van der Waals surface area contributed by atoms with Crippen LogP contribution in [0.4, 0.5) is 0 Å². The molecule has 17 heavy (non-hydrogen) atoms. The summed E-state index contributed by atoms with van der Waals surface area (Å²) in [4.78, 5) is 23.8. The highest BCUT2D eigenvalue weighted by Crippen LogP contribution is 2.28. The molecule has 0 bridgehead atoms. The highest BCUT2D eigenvalue weighted by atomic mass is 32.2. The minimum atomic E-state index is -3.43. The van der Waals surface area contributed by atoms with E-state index < -0.39 is 27.0 Å². The third kappa shape index (κ3) is 3.99. The molecule has 1 atom stereocenters. The largest absolute Gasteiger partial charge is 0.481 e. The smallest absolute Gasteiger partial charge is 0.305 e. The summed E-state index contributed by atoms with van der Waals surface area (Å²) in [5.74, 6) is -1.48. The molecule has 0 aromatic heterocycles. The van der Waals surface area contributed by atoms with Gasteiger partial charge in [-0.15, -0.1) is 0 Å². The number of carboxylic acids is 1. The minimum absolute atomic E-state index is 0.0195. The fourth-order valence-corrected chi connectivity index (χ4v) is 1.99. The van der Waals surface area contributed by atoms with Gasteiger partial charge in [-0.1, -0.05) is 0 Å². The molecule has 98 valence electrons. The first kappa shape index (κ1) is 14.0. The average molecular weight is 263 g/mol. The second-order valence-electron chi connectivity index (χ2n) is 4.38.